The van der Waals surface area contributed by atoms with Crippen molar-refractivity contribution in [3.05, 3.63) is 64.2 Å². The van der Waals surface area contributed by atoms with Crippen LogP contribution >= 0.6 is 0 Å². The second-order valence-corrected chi connectivity index (χ2v) is 11.6. The van der Waals surface area contributed by atoms with Crippen molar-refractivity contribution in [2.75, 3.05) is 30.9 Å². The summed E-state index contributed by atoms with van der Waals surface area (Å²) in [5.74, 6) is -0.180. The van der Waals surface area contributed by atoms with E-state index in [9.17, 15) is 31.1 Å². The zero-order valence-corrected chi connectivity index (χ0v) is 26.2. The molecule has 2 aliphatic carbocycles. The van der Waals surface area contributed by atoms with Crippen LogP contribution in [0.5, 0.6) is 0 Å². The molecule has 47 heavy (non-hydrogen) atoms. The number of aromatic nitrogens is 1. The molecule has 254 valence electrons. The lowest BCUT2D eigenvalue weighted by atomic mass is 9.88. The molecule has 0 atom stereocenters. The predicted octanol–water partition coefficient (Wildman–Crippen LogP) is 7.17. The van der Waals surface area contributed by atoms with Crippen molar-refractivity contribution < 1.29 is 31.1 Å². The number of hydrogen-bond donors (Lipinski definition) is 4. The molecule has 0 aliphatic heterocycles. The zero-order chi connectivity index (χ0) is 34.5. The molecule has 2 aliphatic rings. The molecule has 1 fully saturated rings. The van der Waals surface area contributed by atoms with Gasteiger partial charge in [0.15, 0.2) is 0 Å². The highest BCUT2D eigenvalue weighted by Gasteiger charge is 2.38. The smallest absolute Gasteiger partial charge is 0.373 e. The van der Waals surface area contributed by atoms with Gasteiger partial charge in [0.2, 0.25) is 5.91 Å². The number of halogens is 6. The lowest BCUT2D eigenvalue weighted by molar-refractivity contribution is -0.143. The molecule has 1 amide bonds. The van der Waals surface area contributed by atoms with Gasteiger partial charge in [0.1, 0.15) is 11.6 Å². The third kappa shape index (κ3) is 8.86. The number of benzene rings is 1. The topological polar surface area (TPSA) is 133 Å². The summed E-state index contributed by atoms with van der Waals surface area (Å²) < 4.78 is 82.2. The van der Waals surface area contributed by atoms with Gasteiger partial charge in [0.05, 0.1) is 17.7 Å². The van der Waals surface area contributed by atoms with Crippen LogP contribution in [-0.4, -0.2) is 48.1 Å². The lowest BCUT2D eigenvalue weighted by Gasteiger charge is -2.32. The molecule has 0 spiro atoms. The molecule has 0 bridgehead atoms. The van der Waals surface area contributed by atoms with Crippen molar-refractivity contribution in [1.29, 1.82) is 10.9 Å². The monoisotopic (exact) mass is 665 g/mol. The van der Waals surface area contributed by atoms with E-state index in [0.717, 1.165) is 19.3 Å². The summed E-state index contributed by atoms with van der Waals surface area (Å²) in [6, 6.07) is 2.87. The van der Waals surface area contributed by atoms with Crippen LogP contribution in [0.1, 0.15) is 66.8 Å². The van der Waals surface area contributed by atoms with Crippen molar-refractivity contribution in [3.63, 3.8) is 0 Å². The highest BCUT2D eigenvalue weighted by Crippen LogP contribution is 2.38. The molecule has 4 N–H and O–H groups in total. The van der Waals surface area contributed by atoms with Crippen LogP contribution < -0.4 is 15.6 Å². The SMILES string of the molecule is CN/N=C(\N=N)N(Cc1cc(C(F)(F)F)cc(C(F)(F)F)c1)Cc1cc(C(C)=N)c(NC)nc1N(CC1C=C1)C(=O)C1CCCCC1. The maximum Gasteiger partial charge on any atom is 0.416 e. The fourth-order valence-corrected chi connectivity index (χ4v) is 5.63. The van der Waals surface area contributed by atoms with Gasteiger partial charge >= 0.3 is 12.4 Å². The van der Waals surface area contributed by atoms with Gasteiger partial charge in [0, 0.05) is 55.9 Å². The number of hydrazone groups is 1. The molecule has 0 radical (unpaired) electrons. The van der Waals surface area contributed by atoms with Gasteiger partial charge in [-0.15, -0.1) is 10.2 Å². The molecular formula is C31H37F6N9O. The third-order valence-electron chi connectivity index (χ3n) is 8.03. The first-order valence-corrected chi connectivity index (χ1v) is 15.1. The normalized spacial score (nSPS) is 15.7. The predicted molar refractivity (Wildman–Crippen MR) is 165 cm³/mol. The molecule has 1 aromatic heterocycles. The Hall–Kier alpha value is -4.50. The second kappa shape index (κ2) is 14.5. The number of rotatable bonds is 11. The molecular weight excluding hydrogens is 628 g/mol. The van der Waals surface area contributed by atoms with Crippen LogP contribution in [0.4, 0.5) is 38.0 Å². The Morgan fingerprint density at radius 2 is 1.60 bits per heavy atom. The lowest BCUT2D eigenvalue weighted by Crippen LogP contribution is -2.40. The van der Waals surface area contributed by atoms with E-state index < -0.39 is 30.0 Å². The molecule has 1 saturated carbocycles. The van der Waals surface area contributed by atoms with Gasteiger partial charge in [0.25, 0.3) is 5.96 Å². The van der Waals surface area contributed by atoms with Crippen LogP contribution in [0.3, 0.4) is 0 Å². The van der Waals surface area contributed by atoms with Gasteiger partial charge in [-0.2, -0.15) is 26.3 Å². The number of nitrogens with one attached hydrogen (secondary N) is 4. The fraction of sp³-hybridized carbons (Fsp3) is 0.484. The van der Waals surface area contributed by atoms with E-state index in [-0.39, 0.29) is 60.0 Å². The minimum absolute atomic E-state index is 0.00559. The summed E-state index contributed by atoms with van der Waals surface area (Å²) in [5.41, 5.74) is 7.71. The van der Waals surface area contributed by atoms with Crippen LogP contribution in [0, 0.1) is 22.8 Å². The average molecular weight is 666 g/mol. The second-order valence-electron chi connectivity index (χ2n) is 11.6. The summed E-state index contributed by atoms with van der Waals surface area (Å²) in [4.78, 5) is 21.6. The summed E-state index contributed by atoms with van der Waals surface area (Å²) >= 11 is 0. The number of carbonyl (C=O) groups excluding carboxylic acids is 1. The molecule has 0 unspecified atom stereocenters. The van der Waals surface area contributed by atoms with Crippen molar-refractivity contribution in [1.82, 2.24) is 15.3 Å². The van der Waals surface area contributed by atoms with Crippen molar-refractivity contribution in [3.8, 4) is 0 Å². The largest absolute Gasteiger partial charge is 0.416 e. The zero-order valence-electron chi connectivity index (χ0n) is 26.2. The van der Waals surface area contributed by atoms with Gasteiger partial charge in [-0.3, -0.25) is 9.69 Å². The number of nitrogens with zero attached hydrogens (tertiary/aromatic N) is 5. The Balaban J connectivity index is 1.87. The number of pyridine rings is 1. The quantitative estimate of drug-likeness (QED) is 0.0505. The summed E-state index contributed by atoms with van der Waals surface area (Å²) in [5, 5.41) is 18.7. The first-order valence-electron chi connectivity index (χ1n) is 15.1. The number of carbonyl (C=O) groups is 1. The van der Waals surface area contributed by atoms with Crippen LogP contribution in [-0.2, 0) is 30.2 Å². The molecule has 0 saturated heterocycles. The van der Waals surface area contributed by atoms with E-state index >= 15 is 0 Å². The van der Waals surface area contributed by atoms with Crippen molar-refractivity contribution in [2.24, 2.45) is 22.1 Å². The maximum absolute atomic E-state index is 14.1. The molecule has 16 heteroatoms. The maximum atomic E-state index is 14.1. The van der Waals surface area contributed by atoms with E-state index in [0.29, 0.717) is 41.9 Å². The van der Waals surface area contributed by atoms with E-state index in [4.69, 9.17) is 15.9 Å². The number of alkyl halides is 6. The number of guanidine groups is 1. The highest BCUT2D eigenvalue weighted by atomic mass is 19.4. The van der Waals surface area contributed by atoms with Crippen LogP contribution in [0.2, 0.25) is 0 Å². The highest BCUT2D eigenvalue weighted by molar-refractivity contribution is 6.02. The van der Waals surface area contributed by atoms with Crippen molar-refractivity contribution >= 4 is 29.2 Å². The van der Waals surface area contributed by atoms with Gasteiger partial charge < -0.3 is 21.1 Å². The summed E-state index contributed by atoms with van der Waals surface area (Å²) in [7, 11) is 3.01. The Bertz CT molecular complexity index is 1510. The first-order chi connectivity index (χ1) is 22.2. The summed E-state index contributed by atoms with van der Waals surface area (Å²) in [6.07, 6.45) is -2.00. The van der Waals surface area contributed by atoms with E-state index in [1.165, 1.54) is 18.9 Å². The Morgan fingerprint density at radius 3 is 2.09 bits per heavy atom. The average Bonchev–Trinajstić information content (AvgIpc) is 3.85. The van der Waals surface area contributed by atoms with Crippen LogP contribution in [0.25, 0.3) is 0 Å². The third-order valence-corrected chi connectivity index (χ3v) is 8.03. The number of hydrogen-bond acceptors (Lipinski definition) is 7. The number of anilines is 2. The fourth-order valence-electron chi connectivity index (χ4n) is 5.63. The standard InChI is InChI=1S/C31H37F6N9O/c1-18(38)25-13-22(27(42-26(25)40-2)46(16-19-9-10-19)28(47)21-7-5-4-6-8-21)17-45(29(43-39)44-41-3)15-20-11-23(30(32,33)34)14-24(12-20)31(35,36)37/h9-14,19,21,38-39,41H,4-8,15-17H2,1-3H3,(H,40,42)/b38-18?,43-39?,44-29+. The van der Waals surface area contributed by atoms with E-state index in [2.05, 4.69) is 21.0 Å². The summed E-state index contributed by atoms with van der Waals surface area (Å²) in [6.45, 7) is 0.971. The van der Waals surface area contributed by atoms with Gasteiger partial charge in [-0.1, -0.05) is 31.4 Å². The Morgan fingerprint density at radius 1 is 0.979 bits per heavy atom. The van der Waals surface area contributed by atoms with E-state index in [1.54, 1.807) is 18.0 Å². The Labute approximate surface area is 268 Å². The minimum atomic E-state index is -5.06. The van der Waals surface area contributed by atoms with E-state index in [1.807, 2.05) is 12.2 Å². The first kappa shape index (κ1) is 35.4. The molecule has 10 nitrogen and oxygen atoms in total. The Kier molecular flexibility index (Phi) is 10.9. The minimum Gasteiger partial charge on any atom is -0.373 e. The van der Waals surface area contributed by atoms with Gasteiger partial charge in [-0.25, -0.2) is 10.5 Å². The molecule has 1 heterocycles. The van der Waals surface area contributed by atoms with Gasteiger partial charge in [-0.05, 0) is 49.6 Å². The number of amides is 1. The molecule has 1 aromatic carbocycles. The molecule has 4 rings (SSSR count). The van der Waals surface area contributed by atoms with Crippen LogP contribution in [0.15, 0.2) is 46.6 Å². The molecule has 2 aromatic rings. The van der Waals surface area contributed by atoms with Crippen molar-refractivity contribution in [2.45, 2.75) is 64.5 Å².